The number of hydrogen-bond acceptors (Lipinski definition) is 4. The molecule has 49 heavy (non-hydrogen) atoms. The Morgan fingerprint density at radius 2 is 0.959 bits per heavy atom. The summed E-state index contributed by atoms with van der Waals surface area (Å²) in [6.07, 6.45) is 32.2. The lowest BCUT2D eigenvalue weighted by Crippen LogP contribution is -2.10. The number of halogens is 1. The lowest BCUT2D eigenvalue weighted by atomic mass is 9.99. The molecule has 0 radical (unpaired) electrons. The normalized spacial score (nSPS) is 11.2. The van der Waals surface area contributed by atoms with Crippen LogP contribution in [0.5, 0.6) is 17.2 Å². The Hall–Kier alpha value is -2.20. The molecule has 0 heterocycles. The molecular formula is C44H71ClO4. The van der Waals surface area contributed by atoms with Gasteiger partial charge in [-0.15, -0.1) is 0 Å². The Labute approximate surface area is 306 Å². The van der Waals surface area contributed by atoms with Crippen molar-refractivity contribution < 1.29 is 19.0 Å². The van der Waals surface area contributed by atoms with Crippen LogP contribution in [0.4, 0.5) is 0 Å². The van der Waals surface area contributed by atoms with E-state index in [4.69, 9.17) is 25.8 Å². The molecule has 0 saturated heterocycles. The van der Waals surface area contributed by atoms with Crippen LogP contribution in [0, 0.1) is 0 Å². The topological polar surface area (TPSA) is 44.8 Å². The van der Waals surface area contributed by atoms with E-state index < -0.39 is 0 Å². The molecule has 0 aliphatic rings. The third kappa shape index (κ3) is 19.7. The van der Waals surface area contributed by atoms with Crippen LogP contribution in [0.1, 0.15) is 185 Å². The lowest BCUT2D eigenvalue weighted by Gasteiger charge is -2.16. The van der Waals surface area contributed by atoms with Crippen molar-refractivity contribution in [2.75, 3.05) is 14.2 Å². The highest BCUT2D eigenvalue weighted by molar-refractivity contribution is 6.32. The quantitative estimate of drug-likeness (QED) is 0.0446. The molecule has 0 unspecified atom stereocenters. The number of ether oxygens (including phenoxy) is 3. The molecule has 0 fully saturated rings. The van der Waals surface area contributed by atoms with Crippen LogP contribution in [-0.4, -0.2) is 20.2 Å². The standard InChI is InChI=1S/C44H71ClO4/c1-5-7-9-10-11-19-22-26-30-39-42(48-4)35-38(29-24-8-6-2)36-43(39)49-44(46)31-27-23-20-17-15-13-12-14-16-18-21-25-28-37-32-33-41(47-3)40(45)34-37/h32-36H,5-31H2,1-4H3. The van der Waals surface area contributed by atoms with E-state index in [2.05, 4.69) is 32.0 Å². The van der Waals surface area contributed by atoms with Crippen molar-refractivity contribution >= 4 is 17.6 Å². The summed E-state index contributed by atoms with van der Waals surface area (Å²) in [6, 6.07) is 10.4. The second kappa shape index (κ2) is 28.5. The number of esters is 1. The van der Waals surface area contributed by atoms with Crippen LogP contribution >= 0.6 is 11.6 Å². The minimum Gasteiger partial charge on any atom is -0.496 e. The van der Waals surface area contributed by atoms with Crippen LogP contribution in [-0.2, 0) is 24.1 Å². The molecule has 0 bridgehead atoms. The van der Waals surface area contributed by atoms with E-state index in [9.17, 15) is 4.79 Å². The van der Waals surface area contributed by atoms with E-state index in [0.717, 1.165) is 67.8 Å². The Morgan fingerprint density at radius 3 is 1.51 bits per heavy atom. The predicted octanol–water partition coefficient (Wildman–Crippen LogP) is 14.0. The van der Waals surface area contributed by atoms with E-state index in [-0.39, 0.29) is 5.97 Å². The number of hydrogen-bond donors (Lipinski definition) is 0. The fourth-order valence-electron chi connectivity index (χ4n) is 6.76. The van der Waals surface area contributed by atoms with Gasteiger partial charge in [0.1, 0.15) is 17.2 Å². The van der Waals surface area contributed by atoms with Crippen molar-refractivity contribution in [3.8, 4) is 17.2 Å². The number of benzene rings is 2. The molecule has 2 rings (SSSR count). The van der Waals surface area contributed by atoms with Crippen LogP contribution in [0.3, 0.4) is 0 Å². The molecule has 0 amide bonds. The van der Waals surface area contributed by atoms with Gasteiger partial charge in [0, 0.05) is 12.0 Å². The number of methoxy groups -OCH3 is 2. The van der Waals surface area contributed by atoms with Gasteiger partial charge in [-0.05, 0) is 80.3 Å². The third-order valence-electron chi connectivity index (χ3n) is 9.83. The smallest absolute Gasteiger partial charge is 0.311 e. The van der Waals surface area contributed by atoms with Crippen molar-refractivity contribution in [3.05, 3.63) is 52.0 Å². The van der Waals surface area contributed by atoms with Gasteiger partial charge in [-0.1, -0.05) is 154 Å². The van der Waals surface area contributed by atoms with Gasteiger partial charge in [0.05, 0.1) is 19.2 Å². The second-order valence-electron chi connectivity index (χ2n) is 14.1. The number of carbonyl (C=O) groups is 1. The molecule has 2 aromatic carbocycles. The Balaban J connectivity index is 1.61. The van der Waals surface area contributed by atoms with Crippen LogP contribution < -0.4 is 14.2 Å². The van der Waals surface area contributed by atoms with Crippen LogP contribution in [0.25, 0.3) is 0 Å². The SMILES string of the molecule is CCCCCCCCCCc1c(OC)cc(CCCCC)cc1OC(=O)CCCCCCCCCCCCCCc1ccc(OC)c(Cl)c1. The molecule has 0 N–H and O–H groups in total. The van der Waals surface area contributed by atoms with Crippen molar-refractivity contribution in [3.63, 3.8) is 0 Å². The van der Waals surface area contributed by atoms with Gasteiger partial charge < -0.3 is 14.2 Å². The van der Waals surface area contributed by atoms with Gasteiger partial charge in [0.15, 0.2) is 0 Å². The molecule has 0 aromatic heterocycles. The number of unbranched alkanes of at least 4 members (excludes halogenated alkanes) is 20. The van der Waals surface area contributed by atoms with Crippen molar-refractivity contribution in [2.24, 2.45) is 0 Å². The zero-order valence-electron chi connectivity index (χ0n) is 32.0. The highest BCUT2D eigenvalue weighted by Crippen LogP contribution is 2.34. The van der Waals surface area contributed by atoms with Crippen molar-refractivity contribution in [1.82, 2.24) is 0 Å². The Morgan fingerprint density at radius 1 is 0.510 bits per heavy atom. The summed E-state index contributed by atoms with van der Waals surface area (Å²) < 4.78 is 17.2. The molecule has 0 saturated carbocycles. The Bertz CT molecular complexity index is 1130. The highest BCUT2D eigenvalue weighted by Gasteiger charge is 2.16. The number of rotatable bonds is 31. The van der Waals surface area contributed by atoms with Crippen LogP contribution in [0.2, 0.25) is 5.02 Å². The van der Waals surface area contributed by atoms with Gasteiger partial charge in [-0.25, -0.2) is 0 Å². The van der Waals surface area contributed by atoms with E-state index >= 15 is 0 Å². The molecule has 0 atom stereocenters. The van der Waals surface area contributed by atoms with E-state index in [1.54, 1.807) is 14.2 Å². The molecule has 5 heteroatoms. The van der Waals surface area contributed by atoms with Gasteiger partial charge >= 0.3 is 5.97 Å². The second-order valence-corrected chi connectivity index (χ2v) is 14.5. The first-order chi connectivity index (χ1) is 24.0. The van der Waals surface area contributed by atoms with Gasteiger partial charge in [-0.2, -0.15) is 0 Å². The fourth-order valence-corrected chi connectivity index (χ4v) is 7.04. The van der Waals surface area contributed by atoms with Gasteiger partial charge in [0.2, 0.25) is 0 Å². The molecule has 0 spiro atoms. The summed E-state index contributed by atoms with van der Waals surface area (Å²) in [7, 11) is 3.40. The van der Waals surface area contributed by atoms with E-state index in [1.807, 2.05) is 12.1 Å². The van der Waals surface area contributed by atoms with Gasteiger partial charge in [0.25, 0.3) is 0 Å². The maximum absolute atomic E-state index is 13.0. The monoisotopic (exact) mass is 699 g/mol. The van der Waals surface area contributed by atoms with Crippen molar-refractivity contribution in [1.29, 1.82) is 0 Å². The van der Waals surface area contributed by atoms with Crippen molar-refractivity contribution in [2.45, 2.75) is 187 Å². The molecule has 2 aromatic rings. The predicted molar refractivity (Wildman–Crippen MR) is 210 cm³/mol. The zero-order chi connectivity index (χ0) is 35.4. The molecule has 0 aliphatic heterocycles. The fraction of sp³-hybridized carbons (Fsp3) is 0.705. The first-order valence-electron chi connectivity index (χ1n) is 20.2. The summed E-state index contributed by atoms with van der Waals surface area (Å²) >= 11 is 6.24. The zero-order valence-corrected chi connectivity index (χ0v) is 32.7. The maximum atomic E-state index is 13.0. The summed E-state index contributed by atoms with van der Waals surface area (Å²) in [6.45, 7) is 4.50. The molecule has 278 valence electrons. The highest BCUT2D eigenvalue weighted by atomic mass is 35.5. The first kappa shape index (κ1) is 43.0. The number of carbonyl (C=O) groups excluding carboxylic acids is 1. The van der Waals surface area contributed by atoms with Crippen LogP contribution in [0.15, 0.2) is 30.3 Å². The summed E-state index contributed by atoms with van der Waals surface area (Å²) in [5, 5.41) is 0.705. The average Bonchev–Trinajstić information content (AvgIpc) is 3.10. The summed E-state index contributed by atoms with van der Waals surface area (Å²) in [5.74, 6) is 2.27. The number of aryl methyl sites for hydroxylation is 2. The molecular weight excluding hydrogens is 628 g/mol. The maximum Gasteiger partial charge on any atom is 0.311 e. The molecule has 4 nitrogen and oxygen atoms in total. The minimum atomic E-state index is -0.0993. The van der Waals surface area contributed by atoms with E-state index in [1.165, 1.54) is 133 Å². The van der Waals surface area contributed by atoms with Gasteiger partial charge in [-0.3, -0.25) is 4.79 Å². The third-order valence-corrected chi connectivity index (χ3v) is 10.1. The van der Waals surface area contributed by atoms with E-state index in [0.29, 0.717) is 11.4 Å². The molecule has 0 aliphatic carbocycles. The summed E-state index contributed by atoms with van der Waals surface area (Å²) in [5.41, 5.74) is 3.58. The lowest BCUT2D eigenvalue weighted by molar-refractivity contribution is -0.134. The largest absolute Gasteiger partial charge is 0.496 e. The Kier molecular flexibility index (Phi) is 25.0. The summed E-state index contributed by atoms with van der Waals surface area (Å²) in [4.78, 5) is 13.0. The minimum absolute atomic E-state index is 0.0993. The average molecular weight is 700 g/mol. The first-order valence-corrected chi connectivity index (χ1v) is 20.6.